The second-order valence-corrected chi connectivity index (χ2v) is 9.81. The largest absolute Gasteiger partial charge is 0.508 e. The maximum atomic E-state index is 13.2. The van der Waals surface area contributed by atoms with Gasteiger partial charge in [0.05, 0.1) is 6.04 Å². The van der Waals surface area contributed by atoms with Crippen molar-refractivity contribution in [2.75, 3.05) is 12.0 Å². The summed E-state index contributed by atoms with van der Waals surface area (Å²) in [5.41, 5.74) is 7.03. The molecule has 0 aliphatic heterocycles. The predicted octanol–water partition coefficient (Wildman–Crippen LogP) is 0.522. The summed E-state index contributed by atoms with van der Waals surface area (Å²) in [5.74, 6) is -2.45. The molecule has 4 atom stereocenters. The van der Waals surface area contributed by atoms with Crippen LogP contribution in [0.4, 0.5) is 0 Å². The Morgan fingerprint density at radius 1 is 0.789 bits per heavy atom. The first-order valence-electron chi connectivity index (χ1n) is 11.9. The number of carbonyl (C=O) groups is 4. The van der Waals surface area contributed by atoms with Gasteiger partial charge in [-0.1, -0.05) is 24.3 Å². The lowest BCUT2D eigenvalue weighted by atomic mass is 10.0. The number of nitrogens with one attached hydrogen (secondary N) is 3. The highest BCUT2D eigenvalue weighted by Gasteiger charge is 2.29. The molecule has 2 rings (SSSR count). The molecule has 11 nitrogen and oxygen atoms in total. The van der Waals surface area contributed by atoms with Crippen molar-refractivity contribution in [1.82, 2.24) is 16.0 Å². The van der Waals surface area contributed by atoms with E-state index in [4.69, 9.17) is 5.73 Å². The minimum absolute atomic E-state index is 0.00267. The lowest BCUT2D eigenvalue weighted by Gasteiger charge is -2.24. The summed E-state index contributed by atoms with van der Waals surface area (Å²) >= 11 is 1.54. The molecule has 8 N–H and O–H groups in total. The highest BCUT2D eigenvalue weighted by atomic mass is 32.2. The van der Waals surface area contributed by atoms with Crippen LogP contribution in [0.2, 0.25) is 0 Å². The molecule has 0 heterocycles. The van der Waals surface area contributed by atoms with Gasteiger partial charge in [-0.2, -0.15) is 11.8 Å². The van der Waals surface area contributed by atoms with Gasteiger partial charge in [0.1, 0.15) is 29.6 Å². The Morgan fingerprint density at radius 3 is 1.74 bits per heavy atom. The van der Waals surface area contributed by atoms with Crippen molar-refractivity contribution < 1.29 is 34.5 Å². The topological polar surface area (TPSA) is 191 Å². The first-order chi connectivity index (χ1) is 18.0. The molecule has 3 amide bonds. The Hall–Kier alpha value is -3.77. The van der Waals surface area contributed by atoms with Crippen LogP contribution in [0.15, 0.2) is 48.5 Å². The molecule has 2 aromatic carbocycles. The minimum Gasteiger partial charge on any atom is -0.508 e. The van der Waals surface area contributed by atoms with Gasteiger partial charge in [-0.15, -0.1) is 0 Å². The lowest BCUT2D eigenvalue weighted by Crippen LogP contribution is -2.57. The van der Waals surface area contributed by atoms with Crippen LogP contribution in [0.1, 0.15) is 24.5 Å². The van der Waals surface area contributed by atoms with Gasteiger partial charge in [-0.25, -0.2) is 4.79 Å². The first-order valence-corrected chi connectivity index (χ1v) is 13.3. The zero-order valence-corrected chi connectivity index (χ0v) is 22.0. The number of nitrogens with two attached hydrogens (primary N) is 1. The number of aliphatic carboxylic acids is 1. The van der Waals surface area contributed by atoms with Gasteiger partial charge in [0.25, 0.3) is 0 Å². The molecule has 38 heavy (non-hydrogen) atoms. The smallest absolute Gasteiger partial charge is 0.326 e. The lowest BCUT2D eigenvalue weighted by molar-refractivity contribution is -0.142. The van der Waals surface area contributed by atoms with E-state index in [1.54, 1.807) is 36.0 Å². The fourth-order valence-corrected chi connectivity index (χ4v) is 3.97. The normalized spacial score (nSPS) is 14.0. The van der Waals surface area contributed by atoms with E-state index >= 15 is 0 Å². The van der Waals surface area contributed by atoms with E-state index in [0.717, 1.165) is 0 Å². The first kappa shape index (κ1) is 30.5. The number of carboxylic acid groups (broad SMARTS) is 1. The number of benzene rings is 2. The Labute approximate surface area is 225 Å². The predicted molar refractivity (Wildman–Crippen MR) is 144 cm³/mol. The van der Waals surface area contributed by atoms with Gasteiger partial charge in [0.15, 0.2) is 0 Å². The van der Waals surface area contributed by atoms with E-state index in [0.29, 0.717) is 23.3 Å². The third kappa shape index (κ3) is 9.94. The van der Waals surface area contributed by atoms with E-state index < -0.39 is 47.9 Å². The van der Waals surface area contributed by atoms with Crippen LogP contribution in [0.3, 0.4) is 0 Å². The van der Waals surface area contributed by atoms with Crippen LogP contribution >= 0.6 is 11.8 Å². The average molecular weight is 547 g/mol. The van der Waals surface area contributed by atoms with Crippen LogP contribution in [0.25, 0.3) is 0 Å². The highest BCUT2D eigenvalue weighted by molar-refractivity contribution is 7.98. The minimum atomic E-state index is -1.31. The summed E-state index contributed by atoms with van der Waals surface area (Å²) in [6, 6.07) is 7.62. The molecule has 0 fully saturated rings. The van der Waals surface area contributed by atoms with Gasteiger partial charge in [-0.3, -0.25) is 14.4 Å². The summed E-state index contributed by atoms with van der Waals surface area (Å²) < 4.78 is 0. The summed E-state index contributed by atoms with van der Waals surface area (Å²) in [5, 5.41) is 36.3. The Kier molecular flexibility index (Phi) is 11.9. The van der Waals surface area contributed by atoms with Crippen molar-refractivity contribution in [3.8, 4) is 11.5 Å². The van der Waals surface area contributed by atoms with Crippen molar-refractivity contribution in [2.45, 2.75) is 50.4 Å². The third-order valence-electron chi connectivity index (χ3n) is 5.72. The van der Waals surface area contributed by atoms with Crippen LogP contribution in [-0.4, -0.2) is 75.2 Å². The number of carbonyl (C=O) groups excluding carboxylic acids is 3. The van der Waals surface area contributed by atoms with Crippen molar-refractivity contribution in [3.63, 3.8) is 0 Å². The summed E-state index contributed by atoms with van der Waals surface area (Å²) in [7, 11) is 0. The molecule has 0 bridgehead atoms. The second kappa shape index (κ2) is 14.8. The van der Waals surface area contributed by atoms with Gasteiger partial charge in [-0.05, 0) is 60.7 Å². The van der Waals surface area contributed by atoms with E-state index in [9.17, 15) is 34.5 Å². The van der Waals surface area contributed by atoms with Crippen molar-refractivity contribution in [1.29, 1.82) is 0 Å². The second-order valence-electron chi connectivity index (χ2n) is 8.82. The highest BCUT2D eigenvalue weighted by Crippen LogP contribution is 2.14. The number of rotatable bonds is 14. The Morgan fingerprint density at radius 2 is 1.26 bits per heavy atom. The van der Waals surface area contributed by atoms with Crippen LogP contribution in [-0.2, 0) is 32.0 Å². The van der Waals surface area contributed by atoms with Crippen molar-refractivity contribution >= 4 is 35.5 Å². The molecular weight excluding hydrogens is 512 g/mol. The molecule has 12 heteroatoms. The Balaban J connectivity index is 2.15. The monoisotopic (exact) mass is 546 g/mol. The van der Waals surface area contributed by atoms with Crippen LogP contribution < -0.4 is 21.7 Å². The fraction of sp³-hybridized carbons (Fsp3) is 0.385. The molecule has 0 spiro atoms. The molecule has 0 aliphatic carbocycles. The molecule has 0 aliphatic rings. The average Bonchev–Trinajstić information content (AvgIpc) is 2.88. The maximum absolute atomic E-state index is 13.2. The molecular formula is C26H34N4O7S. The van der Waals surface area contributed by atoms with Gasteiger partial charge in [0.2, 0.25) is 17.7 Å². The van der Waals surface area contributed by atoms with Crippen molar-refractivity contribution in [3.05, 3.63) is 59.7 Å². The number of phenols is 2. The standard InChI is InChI=1S/C26H34N4O7S/c1-15(28-24(34)20(27)11-12-38-2)23(33)29-21(13-16-3-7-18(31)8-4-16)25(35)30-22(26(36)37)14-17-5-9-19(32)10-6-17/h3-10,15,20-22,31-32H,11-14,27H2,1-2H3,(H,28,34)(H,29,33)(H,30,35)(H,36,37). The van der Waals surface area contributed by atoms with Crippen LogP contribution in [0, 0.1) is 0 Å². The Bertz CT molecular complexity index is 1100. The number of amides is 3. The van der Waals surface area contributed by atoms with Gasteiger partial charge in [0, 0.05) is 12.8 Å². The molecule has 0 aromatic heterocycles. The van der Waals surface area contributed by atoms with E-state index in [-0.39, 0.29) is 24.3 Å². The zero-order valence-electron chi connectivity index (χ0n) is 21.2. The molecule has 0 radical (unpaired) electrons. The fourth-order valence-electron chi connectivity index (χ4n) is 3.48. The quantitative estimate of drug-likeness (QED) is 0.177. The van der Waals surface area contributed by atoms with E-state index in [1.165, 1.54) is 31.2 Å². The summed E-state index contributed by atoms with van der Waals surface area (Å²) in [4.78, 5) is 50.3. The molecule has 0 saturated carbocycles. The number of hydrogen-bond donors (Lipinski definition) is 7. The summed E-state index contributed by atoms with van der Waals surface area (Å²) in [6.45, 7) is 1.45. The maximum Gasteiger partial charge on any atom is 0.326 e. The SMILES string of the molecule is CSCCC(N)C(=O)NC(C)C(=O)NC(Cc1ccc(O)cc1)C(=O)NC(Cc1ccc(O)cc1)C(=O)O. The third-order valence-corrected chi connectivity index (χ3v) is 6.37. The van der Waals surface area contributed by atoms with Crippen LogP contribution in [0.5, 0.6) is 11.5 Å². The number of phenolic OH excluding ortho intramolecular Hbond substituents is 2. The summed E-state index contributed by atoms with van der Waals surface area (Å²) in [6.07, 6.45) is 2.27. The number of aromatic hydroxyl groups is 2. The van der Waals surface area contributed by atoms with Gasteiger partial charge < -0.3 is 37.0 Å². The van der Waals surface area contributed by atoms with Crippen molar-refractivity contribution in [2.24, 2.45) is 5.73 Å². The number of carboxylic acids is 1. The van der Waals surface area contributed by atoms with Gasteiger partial charge >= 0.3 is 5.97 Å². The number of hydrogen-bond acceptors (Lipinski definition) is 8. The molecule has 4 unspecified atom stereocenters. The zero-order chi connectivity index (χ0) is 28.2. The van der Waals surface area contributed by atoms with E-state index in [2.05, 4.69) is 16.0 Å². The molecule has 206 valence electrons. The van der Waals surface area contributed by atoms with E-state index in [1.807, 2.05) is 6.26 Å². The number of thioether (sulfide) groups is 1. The molecule has 2 aromatic rings. The molecule has 0 saturated heterocycles.